The maximum Gasteiger partial charge on any atom is 0.410 e. The number of halogens is 1. The number of ether oxygens (including phenoxy) is 2. The van der Waals surface area contributed by atoms with Crippen molar-refractivity contribution in [2.75, 3.05) is 32.1 Å². The van der Waals surface area contributed by atoms with E-state index in [0.717, 1.165) is 6.07 Å². The summed E-state index contributed by atoms with van der Waals surface area (Å²) in [5.41, 5.74) is -1.21. The second-order valence-electron chi connectivity index (χ2n) is 9.93. The molecule has 2 aromatic rings. The summed E-state index contributed by atoms with van der Waals surface area (Å²) >= 11 is 0. The second kappa shape index (κ2) is 9.75. The summed E-state index contributed by atoms with van der Waals surface area (Å²) in [6.07, 6.45) is 1.56. The van der Waals surface area contributed by atoms with Crippen molar-refractivity contribution in [2.24, 2.45) is 5.92 Å². The molecular formula is C25H34FN3O6. The van der Waals surface area contributed by atoms with Crippen LogP contribution in [0.15, 0.2) is 17.1 Å². The summed E-state index contributed by atoms with van der Waals surface area (Å²) in [5, 5.41) is 9.37. The minimum atomic E-state index is -1.37. The van der Waals surface area contributed by atoms with Gasteiger partial charge in [-0.15, -0.1) is 0 Å². The van der Waals surface area contributed by atoms with Crippen molar-refractivity contribution in [3.05, 3.63) is 33.9 Å². The van der Waals surface area contributed by atoms with E-state index in [9.17, 15) is 19.5 Å². The number of aromatic nitrogens is 1. The number of aromatic carboxylic acids is 1. The van der Waals surface area contributed by atoms with Gasteiger partial charge < -0.3 is 28.9 Å². The van der Waals surface area contributed by atoms with Crippen LogP contribution in [0.1, 0.15) is 51.4 Å². The number of anilines is 1. The van der Waals surface area contributed by atoms with E-state index in [1.807, 2.05) is 32.6 Å². The number of carboxylic acids is 1. The van der Waals surface area contributed by atoms with Crippen molar-refractivity contribution in [2.45, 2.75) is 59.2 Å². The second-order valence-corrected chi connectivity index (χ2v) is 9.93. The first-order chi connectivity index (χ1) is 16.3. The van der Waals surface area contributed by atoms with E-state index in [1.165, 1.54) is 13.3 Å². The van der Waals surface area contributed by atoms with E-state index < -0.39 is 34.5 Å². The van der Waals surface area contributed by atoms with Gasteiger partial charge in [-0.05, 0) is 53.0 Å². The number of benzene rings is 1. The number of amides is 1. The molecule has 1 amide bonds. The van der Waals surface area contributed by atoms with Gasteiger partial charge in [-0.1, -0.05) is 0 Å². The van der Waals surface area contributed by atoms with Crippen LogP contribution in [-0.4, -0.2) is 65.5 Å². The van der Waals surface area contributed by atoms with Crippen LogP contribution in [-0.2, 0) is 11.3 Å². The maximum absolute atomic E-state index is 15.5. The Balaban J connectivity index is 2.00. The Kier molecular flexibility index (Phi) is 7.33. The number of nitrogens with zero attached hydrogens (tertiary/aromatic N) is 3. The molecule has 1 aromatic heterocycles. The van der Waals surface area contributed by atoms with Gasteiger partial charge >= 0.3 is 12.1 Å². The summed E-state index contributed by atoms with van der Waals surface area (Å²) in [7, 11) is 3.10. The summed E-state index contributed by atoms with van der Waals surface area (Å²) in [6, 6.07) is 0.939. The molecule has 35 heavy (non-hydrogen) atoms. The number of hydrogen-bond acceptors (Lipinski definition) is 6. The van der Waals surface area contributed by atoms with Crippen molar-refractivity contribution >= 4 is 28.7 Å². The highest BCUT2D eigenvalue weighted by atomic mass is 19.1. The Hall–Kier alpha value is -3.30. The quantitative estimate of drug-likeness (QED) is 0.653. The lowest BCUT2D eigenvalue weighted by Crippen LogP contribution is -2.43. The van der Waals surface area contributed by atoms with Crippen LogP contribution in [0.5, 0.6) is 5.75 Å². The average Bonchev–Trinajstić information content (AvgIpc) is 3.26. The summed E-state index contributed by atoms with van der Waals surface area (Å²) < 4.78 is 28.1. The van der Waals surface area contributed by atoms with E-state index in [-0.39, 0.29) is 28.8 Å². The van der Waals surface area contributed by atoms with E-state index in [0.29, 0.717) is 31.6 Å². The number of aryl methyl sites for hydroxylation is 1. The van der Waals surface area contributed by atoms with Gasteiger partial charge in [0.2, 0.25) is 5.43 Å². The van der Waals surface area contributed by atoms with Gasteiger partial charge in [-0.2, -0.15) is 0 Å². The zero-order chi connectivity index (χ0) is 26.2. The van der Waals surface area contributed by atoms with Gasteiger partial charge in [0, 0.05) is 38.9 Å². The first kappa shape index (κ1) is 26.3. The molecule has 1 fully saturated rings. The number of carbonyl (C=O) groups is 2. The Morgan fingerprint density at radius 3 is 2.54 bits per heavy atom. The first-order valence-electron chi connectivity index (χ1n) is 11.7. The summed E-state index contributed by atoms with van der Waals surface area (Å²) in [6.45, 7) is 10.5. The zero-order valence-corrected chi connectivity index (χ0v) is 21.3. The third kappa shape index (κ3) is 5.06. The molecule has 2 atom stereocenters. The van der Waals surface area contributed by atoms with Crippen molar-refractivity contribution in [1.82, 2.24) is 9.47 Å². The van der Waals surface area contributed by atoms with Crippen LogP contribution in [0.25, 0.3) is 10.9 Å². The Labute approximate surface area is 204 Å². The Bertz CT molecular complexity index is 1200. The number of carbonyl (C=O) groups excluding carboxylic acids is 1. The molecule has 0 radical (unpaired) electrons. The van der Waals surface area contributed by atoms with Gasteiger partial charge in [0.1, 0.15) is 16.9 Å². The zero-order valence-electron chi connectivity index (χ0n) is 21.3. The van der Waals surface area contributed by atoms with Gasteiger partial charge in [0.05, 0.1) is 18.0 Å². The normalized spacial score (nSPS) is 16.9. The number of fused-ring (bicyclic) bond motifs is 1. The fourth-order valence-corrected chi connectivity index (χ4v) is 4.58. The molecule has 1 N–H and O–H groups in total. The highest BCUT2D eigenvalue weighted by molar-refractivity contribution is 5.97. The lowest BCUT2D eigenvalue weighted by Gasteiger charge is -2.32. The van der Waals surface area contributed by atoms with Gasteiger partial charge in [-0.3, -0.25) is 4.79 Å². The number of carboxylic acid groups (broad SMARTS) is 1. The molecule has 1 aromatic carbocycles. The molecule has 0 aliphatic carbocycles. The molecule has 192 valence electrons. The molecule has 3 rings (SSSR count). The topological polar surface area (TPSA) is 101 Å². The van der Waals surface area contributed by atoms with Crippen LogP contribution >= 0.6 is 0 Å². The predicted octanol–water partition coefficient (Wildman–Crippen LogP) is 3.95. The smallest absolute Gasteiger partial charge is 0.410 e. The Morgan fingerprint density at radius 2 is 2.00 bits per heavy atom. The third-order valence-corrected chi connectivity index (χ3v) is 6.53. The highest BCUT2D eigenvalue weighted by Gasteiger charge is 2.35. The van der Waals surface area contributed by atoms with E-state index in [4.69, 9.17) is 9.47 Å². The van der Waals surface area contributed by atoms with Crippen LogP contribution in [0.2, 0.25) is 0 Å². The van der Waals surface area contributed by atoms with Crippen LogP contribution in [0.4, 0.5) is 14.9 Å². The lowest BCUT2D eigenvalue weighted by molar-refractivity contribution is 0.0192. The van der Waals surface area contributed by atoms with Crippen molar-refractivity contribution in [1.29, 1.82) is 0 Å². The SMILES string of the molecule is CCn1cc(C(=O)O)c(=O)c2cc(F)c(N3CC[C@@H]([C@H](C)N(C)C(=O)OC(C)(C)C)C3)c(OC)c21. The van der Waals surface area contributed by atoms with E-state index >= 15 is 4.39 Å². The van der Waals surface area contributed by atoms with Gasteiger partial charge in [-0.25, -0.2) is 14.0 Å². The first-order valence-corrected chi connectivity index (χ1v) is 11.7. The fraction of sp³-hybridized carbons (Fsp3) is 0.560. The van der Waals surface area contributed by atoms with E-state index in [2.05, 4.69) is 0 Å². The lowest BCUT2D eigenvalue weighted by atomic mass is 9.99. The van der Waals surface area contributed by atoms with Crippen molar-refractivity contribution in [3.63, 3.8) is 0 Å². The van der Waals surface area contributed by atoms with Crippen molar-refractivity contribution < 1.29 is 28.6 Å². The maximum atomic E-state index is 15.5. The number of hydrogen-bond donors (Lipinski definition) is 1. The minimum Gasteiger partial charge on any atom is -0.492 e. The molecular weight excluding hydrogens is 457 g/mol. The molecule has 1 saturated heterocycles. The number of pyridine rings is 1. The van der Waals surface area contributed by atoms with Gasteiger partial charge in [0.25, 0.3) is 0 Å². The van der Waals surface area contributed by atoms with Crippen LogP contribution in [0.3, 0.4) is 0 Å². The van der Waals surface area contributed by atoms with Crippen LogP contribution < -0.4 is 15.1 Å². The fourth-order valence-electron chi connectivity index (χ4n) is 4.58. The molecule has 1 aliphatic heterocycles. The molecule has 0 unspecified atom stereocenters. The highest BCUT2D eigenvalue weighted by Crippen LogP contribution is 2.41. The number of methoxy groups -OCH3 is 1. The molecule has 10 heteroatoms. The average molecular weight is 492 g/mol. The molecule has 1 aliphatic rings. The molecule has 9 nitrogen and oxygen atoms in total. The summed E-state index contributed by atoms with van der Waals surface area (Å²) in [4.78, 5) is 40.3. The minimum absolute atomic E-state index is 0.0429. The molecule has 0 saturated carbocycles. The van der Waals surface area contributed by atoms with Gasteiger partial charge in [0.15, 0.2) is 11.6 Å². The Morgan fingerprint density at radius 1 is 1.34 bits per heavy atom. The van der Waals surface area contributed by atoms with Crippen LogP contribution in [0, 0.1) is 11.7 Å². The standard InChI is InChI=1S/C25H34FN3O6/c1-8-28-13-17(23(31)32)21(30)16-11-18(26)20(22(34-7)19(16)28)29-10-9-15(12-29)14(2)27(6)24(33)35-25(3,4)5/h11,13-15H,8-10,12H2,1-7H3,(H,31,32)/t14-,15+/m0/s1. The number of rotatable bonds is 6. The predicted molar refractivity (Wildman–Crippen MR) is 131 cm³/mol. The largest absolute Gasteiger partial charge is 0.492 e. The molecule has 2 heterocycles. The molecule has 0 spiro atoms. The molecule has 0 bridgehead atoms. The third-order valence-electron chi connectivity index (χ3n) is 6.53. The van der Waals surface area contributed by atoms with Crippen molar-refractivity contribution in [3.8, 4) is 5.75 Å². The summed E-state index contributed by atoms with van der Waals surface area (Å²) in [5.74, 6) is -1.79. The van der Waals surface area contributed by atoms with E-state index in [1.54, 1.807) is 23.4 Å². The monoisotopic (exact) mass is 491 g/mol.